The van der Waals surface area contributed by atoms with E-state index in [4.69, 9.17) is 0 Å². The third kappa shape index (κ3) is 6.80. The molecule has 0 aliphatic carbocycles. The molecular formula is C25H36N4O4S. The van der Waals surface area contributed by atoms with E-state index in [1.807, 2.05) is 52.0 Å². The summed E-state index contributed by atoms with van der Waals surface area (Å²) < 4.78 is 28.4. The van der Waals surface area contributed by atoms with Gasteiger partial charge in [-0.15, -0.1) is 0 Å². The largest absolute Gasteiger partial charge is 0.352 e. The van der Waals surface area contributed by atoms with Gasteiger partial charge in [0.15, 0.2) is 0 Å². The molecule has 0 saturated heterocycles. The summed E-state index contributed by atoms with van der Waals surface area (Å²) in [6.07, 6.45) is 0.391. The number of benzene rings is 2. The minimum absolute atomic E-state index is 0.0908. The van der Waals surface area contributed by atoms with Gasteiger partial charge in [0, 0.05) is 26.7 Å². The van der Waals surface area contributed by atoms with Gasteiger partial charge in [0.05, 0.1) is 5.69 Å². The Balaban J connectivity index is 2.49. The van der Waals surface area contributed by atoms with Crippen molar-refractivity contribution in [2.24, 2.45) is 0 Å². The number of nitrogens with one attached hydrogen (secondary N) is 1. The second-order valence-electron chi connectivity index (χ2n) is 8.67. The minimum atomic E-state index is -3.95. The zero-order chi connectivity index (χ0) is 25.5. The van der Waals surface area contributed by atoms with Gasteiger partial charge < -0.3 is 10.2 Å². The second-order valence-corrected chi connectivity index (χ2v) is 10.7. The zero-order valence-corrected chi connectivity index (χ0v) is 21.7. The molecule has 186 valence electrons. The molecule has 0 saturated carbocycles. The first kappa shape index (κ1) is 27.3. The standard InChI is InChI=1S/C25H36N4O4S/c1-7-23(25(31)26-19(2)3)28(17-21-14-12-11-13-20(21)4)24(30)18-29(34(32,33)27(5)6)22-15-9-8-10-16-22/h8-16,19,23H,7,17-18H2,1-6H3,(H,26,31)/t23-/m0/s1. The molecule has 2 aromatic carbocycles. The number of carbonyl (C=O) groups excluding carboxylic acids is 2. The molecule has 0 radical (unpaired) electrons. The fraction of sp³-hybridized carbons (Fsp3) is 0.440. The van der Waals surface area contributed by atoms with Gasteiger partial charge in [-0.2, -0.15) is 12.7 Å². The van der Waals surface area contributed by atoms with Crippen LogP contribution in [0.3, 0.4) is 0 Å². The van der Waals surface area contributed by atoms with Gasteiger partial charge in [-0.3, -0.25) is 9.59 Å². The van der Waals surface area contributed by atoms with Crippen molar-refractivity contribution in [2.75, 3.05) is 24.9 Å². The number of hydrogen-bond acceptors (Lipinski definition) is 4. The van der Waals surface area contributed by atoms with Crippen molar-refractivity contribution in [1.29, 1.82) is 0 Å². The second kappa shape index (κ2) is 12.0. The maximum atomic E-state index is 13.7. The van der Waals surface area contributed by atoms with Crippen molar-refractivity contribution in [3.8, 4) is 0 Å². The number of nitrogens with zero attached hydrogens (tertiary/aromatic N) is 3. The molecular weight excluding hydrogens is 452 g/mol. The fourth-order valence-electron chi connectivity index (χ4n) is 3.58. The first-order valence-corrected chi connectivity index (χ1v) is 12.8. The molecule has 0 aliphatic rings. The quantitative estimate of drug-likeness (QED) is 0.527. The summed E-state index contributed by atoms with van der Waals surface area (Å²) >= 11 is 0. The van der Waals surface area contributed by atoms with Crippen molar-refractivity contribution in [3.05, 3.63) is 65.7 Å². The van der Waals surface area contributed by atoms with Crippen LogP contribution >= 0.6 is 0 Å². The van der Waals surface area contributed by atoms with E-state index < -0.39 is 28.7 Å². The molecule has 0 aromatic heterocycles. The van der Waals surface area contributed by atoms with E-state index >= 15 is 0 Å². The number of anilines is 1. The maximum absolute atomic E-state index is 13.7. The molecule has 8 nitrogen and oxygen atoms in total. The smallest absolute Gasteiger partial charge is 0.304 e. The first-order chi connectivity index (χ1) is 16.0. The number of hydrogen-bond donors (Lipinski definition) is 1. The highest BCUT2D eigenvalue weighted by molar-refractivity contribution is 7.90. The van der Waals surface area contributed by atoms with Crippen molar-refractivity contribution in [2.45, 2.75) is 52.7 Å². The molecule has 34 heavy (non-hydrogen) atoms. The molecule has 0 fully saturated rings. The average Bonchev–Trinajstić information content (AvgIpc) is 2.78. The van der Waals surface area contributed by atoms with E-state index in [0.717, 1.165) is 19.7 Å². The number of para-hydroxylation sites is 1. The van der Waals surface area contributed by atoms with Gasteiger partial charge >= 0.3 is 10.2 Å². The van der Waals surface area contributed by atoms with Crippen molar-refractivity contribution >= 4 is 27.7 Å². The highest BCUT2D eigenvalue weighted by Gasteiger charge is 2.34. The SMILES string of the molecule is CC[C@@H](C(=O)NC(C)C)N(Cc1ccccc1C)C(=O)CN(c1ccccc1)S(=O)(=O)N(C)C. The van der Waals surface area contributed by atoms with Crippen LogP contribution in [0, 0.1) is 6.92 Å². The minimum Gasteiger partial charge on any atom is -0.352 e. The van der Waals surface area contributed by atoms with E-state index in [9.17, 15) is 18.0 Å². The molecule has 0 unspecified atom stereocenters. The van der Waals surface area contributed by atoms with E-state index in [2.05, 4.69) is 5.32 Å². The Morgan fingerprint density at radius 2 is 1.56 bits per heavy atom. The van der Waals surface area contributed by atoms with Gasteiger partial charge in [-0.1, -0.05) is 49.4 Å². The van der Waals surface area contributed by atoms with Crippen LogP contribution in [0.25, 0.3) is 0 Å². The van der Waals surface area contributed by atoms with Crippen LogP contribution in [0.15, 0.2) is 54.6 Å². The molecule has 1 N–H and O–H groups in total. The molecule has 9 heteroatoms. The van der Waals surface area contributed by atoms with Crippen LogP contribution in [-0.4, -0.2) is 62.2 Å². The molecule has 0 spiro atoms. The highest BCUT2D eigenvalue weighted by Crippen LogP contribution is 2.21. The predicted octanol–water partition coefficient (Wildman–Crippen LogP) is 2.94. The number of amides is 2. The van der Waals surface area contributed by atoms with E-state index in [0.29, 0.717) is 12.1 Å². The monoisotopic (exact) mass is 488 g/mol. The van der Waals surface area contributed by atoms with E-state index in [-0.39, 0.29) is 18.5 Å². The Kier molecular flexibility index (Phi) is 9.64. The van der Waals surface area contributed by atoms with E-state index in [1.165, 1.54) is 19.0 Å². The summed E-state index contributed by atoms with van der Waals surface area (Å²) in [7, 11) is -1.11. The third-order valence-electron chi connectivity index (χ3n) is 5.48. The normalized spacial score (nSPS) is 12.5. The molecule has 0 bridgehead atoms. The maximum Gasteiger partial charge on any atom is 0.304 e. The Bertz CT molecular complexity index is 1070. The summed E-state index contributed by atoms with van der Waals surface area (Å²) in [5.41, 5.74) is 2.26. The van der Waals surface area contributed by atoms with Crippen LogP contribution in [-0.2, 0) is 26.3 Å². The van der Waals surface area contributed by atoms with Gasteiger partial charge in [0.2, 0.25) is 11.8 Å². The number of rotatable bonds is 11. The molecule has 0 heterocycles. The average molecular weight is 489 g/mol. The lowest BCUT2D eigenvalue weighted by atomic mass is 10.1. The van der Waals surface area contributed by atoms with Crippen molar-refractivity contribution in [3.63, 3.8) is 0 Å². The van der Waals surface area contributed by atoms with Crippen LogP contribution in [0.4, 0.5) is 5.69 Å². The molecule has 0 aliphatic heterocycles. The number of carbonyl (C=O) groups is 2. The Morgan fingerprint density at radius 3 is 2.09 bits per heavy atom. The van der Waals surface area contributed by atoms with Crippen LogP contribution in [0.1, 0.15) is 38.3 Å². The topological polar surface area (TPSA) is 90.0 Å². The van der Waals surface area contributed by atoms with Gasteiger partial charge in [0.25, 0.3) is 0 Å². The Labute approximate surface area is 203 Å². The summed E-state index contributed by atoms with van der Waals surface area (Å²) in [6, 6.07) is 15.3. The lowest BCUT2D eigenvalue weighted by Gasteiger charge is -2.34. The fourth-order valence-corrected chi connectivity index (χ4v) is 4.64. The summed E-state index contributed by atoms with van der Waals surface area (Å²) in [5, 5.41) is 2.89. The summed E-state index contributed by atoms with van der Waals surface area (Å²) in [5.74, 6) is -0.718. The van der Waals surface area contributed by atoms with Crippen LogP contribution < -0.4 is 9.62 Å². The van der Waals surface area contributed by atoms with Gasteiger partial charge in [0.1, 0.15) is 12.6 Å². The van der Waals surface area contributed by atoms with E-state index in [1.54, 1.807) is 30.3 Å². The third-order valence-corrected chi connectivity index (χ3v) is 7.30. The first-order valence-electron chi connectivity index (χ1n) is 11.4. The summed E-state index contributed by atoms with van der Waals surface area (Å²) in [6.45, 7) is 7.27. The van der Waals surface area contributed by atoms with Crippen molar-refractivity contribution in [1.82, 2.24) is 14.5 Å². The van der Waals surface area contributed by atoms with Crippen LogP contribution in [0.2, 0.25) is 0 Å². The number of aryl methyl sites for hydroxylation is 1. The molecule has 1 atom stereocenters. The van der Waals surface area contributed by atoms with Crippen molar-refractivity contribution < 1.29 is 18.0 Å². The summed E-state index contributed by atoms with van der Waals surface area (Å²) in [4.78, 5) is 28.2. The molecule has 2 amide bonds. The molecule has 2 rings (SSSR count). The Morgan fingerprint density at radius 1 is 0.971 bits per heavy atom. The molecule has 2 aromatic rings. The lowest BCUT2D eigenvalue weighted by Crippen LogP contribution is -2.54. The van der Waals surface area contributed by atoms with Crippen LogP contribution in [0.5, 0.6) is 0 Å². The van der Waals surface area contributed by atoms with Gasteiger partial charge in [-0.05, 0) is 50.5 Å². The highest BCUT2D eigenvalue weighted by atomic mass is 32.2. The lowest BCUT2D eigenvalue weighted by molar-refractivity contribution is -0.140. The Hall–Kier alpha value is -2.91. The van der Waals surface area contributed by atoms with Gasteiger partial charge in [-0.25, -0.2) is 4.31 Å². The predicted molar refractivity (Wildman–Crippen MR) is 135 cm³/mol. The zero-order valence-electron chi connectivity index (χ0n) is 20.9.